The number of aromatic nitrogens is 3. The van der Waals surface area contributed by atoms with Crippen LogP contribution in [-0.4, -0.2) is 36.4 Å². The van der Waals surface area contributed by atoms with E-state index in [2.05, 4.69) is 56.3 Å². The highest BCUT2D eigenvalue weighted by molar-refractivity contribution is 7.99. The molecular weight excluding hydrogens is 560 g/mol. The van der Waals surface area contributed by atoms with Crippen molar-refractivity contribution in [1.82, 2.24) is 19.1 Å². The Morgan fingerprint density at radius 3 is 2.65 bits per heavy atom. The van der Waals surface area contributed by atoms with E-state index in [1.807, 2.05) is 39.2 Å². The molecule has 0 amide bonds. The number of halogens is 1. The summed E-state index contributed by atoms with van der Waals surface area (Å²) >= 11 is 8.04. The minimum Gasteiger partial charge on any atom is -0.382 e. The Hall–Kier alpha value is -2.59. The third kappa shape index (κ3) is 4.81. The number of rotatable bonds is 5. The van der Waals surface area contributed by atoms with Crippen LogP contribution in [0.15, 0.2) is 64.8 Å². The minimum atomic E-state index is -1.15. The molecule has 0 saturated carbocycles. The van der Waals surface area contributed by atoms with Gasteiger partial charge in [0.1, 0.15) is 11.6 Å². The fraction of sp³-hybridized carbons (Fsp3) is 0.400. The van der Waals surface area contributed by atoms with Crippen LogP contribution >= 0.6 is 23.4 Å². The molecule has 0 bridgehead atoms. The van der Waals surface area contributed by atoms with Crippen molar-refractivity contribution < 1.29 is 4.21 Å². The van der Waals surface area contributed by atoms with Crippen LogP contribution in [0.2, 0.25) is 5.02 Å². The van der Waals surface area contributed by atoms with Crippen LogP contribution in [0.1, 0.15) is 56.3 Å². The quantitative estimate of drug-likeness (QED) is 0.279. The van der Waals surface area contributed by atoms with Gasteiger partial charge in [-0.3, -0.25) is 4.40 Å². The summed E-state index contributed by atoms with van der Waals surface area (Å²) < 4.78 is 18.7. The molecule has 1 aliphatic heterocycles. The third-order valence-electron chi connectivity index (χ3n) is 8.27. The first-order valence-electron chi connectivity index (χ1n) is 13.6. The van der Waals surface area contributed by atoms with E-state index in [0.29, 0.717) is 10.8 Å². The van der Waals surface area contributed by atoms with Gasteiger partial charge in [-0.05, 0) is 81.2 Å². The van der Waals surface area contributed by atoms with Gasteiger partial charge in [0.05, 0.1) is 31.7 Å². The Labute approximate surface area is 247 Å². The summed E-state index contributed by atoms with van der Waals surface area (Å²) in [7, 11) is -1.15. The van der Waals surface area contributed by atoms with E-state index in [0.717, 1.165) is 59.2 Å². The zero-order chi connectivity index (χ0) is 28.2. The van der Waals surface area contributed by atoms with Gasteiger partial charge in [0, 0.05) is 36.6 Å². The second-order valence-electron chi connectivity index (χ2n) is 11.9. The number of hydrogen-bond donors (Lipinski definition) is 2. The van der Waals surface area contributed by atoms with E-state index < -0.39 is 11.0 Å². The number of nitrogens with zero attached hydrogens (tertiary/aromatic N) is 4. The second-order valence-corrected chi connectivity index (χ2v) is 15.3. The first-order valence-corrected chi connectivity index (χ1v) is 16.0. The SMILES string of the molecule is Cc1cc(N2CCC3(CC2)Cc2ccccc2[C@H]3N[S@](=O)C(C)(C)C)n2ccnc2c1Sc1ccnc(N)c1Cl. The normalized spacial score (nSPS) is 19.3. The fourth-order valence-corrected chi connectivity index (χ4v) is 8.25. The molecule has 1 aliphatic carbocycles. The number of nitrogen functional groups attached to an aromatic ring is 1. The van der Waals surface area contributed by atoms with Gasteiger partial charge in [-0.25, -0.2) is 18.9 Å². The number of piperidine rings is 1. The zero-order valence-electron chi connectivity index (χ0n) is 23.3. The number of pyridine rings is 2. The standard InChI is InChI=1S/C30H35ClN6OS2/c1-19-17-23(37-16-13-34-28(37)25(19)39-22-9-12-33-27(32)24(22)31)36-14-10-30(11-15-36)18-20-7-5-6-8-21(20)26(30)35-40(38)29(2,3)4/h5-9,12-13,16-17,26,35H,10-11,14-15,18H2,1-4H3,(H2,32,33)/t26-,40-/m1/s1. The van der Waals surface area contributed by atoms with E-state index >= 15 is 0 Å². The fourth-order valence-electron chi connectivity index (χ4n) is 6.07. The van der Waals surface area contributed by atoms with Crippen molar-refractivity contribution in [3.05, 3.63) is 76.7 Å². The average molecular weight is 595 g/mol. The predicted molar refractivity (Wildman–Crippen MR) is 166 cm³/mol. The van der Waals surface area contributed by atoms with Crippen molar-refractivity contribution in [1.29, 1.82) is 0 Å². The van der Waals surface area contributed by atoms with Crippen LogP contribution in [-0.2, 0) is 17.4 Å². The molecule has 3 aromatic heterocycles. The lowest BCUT2D eigenvalue weighted by Crippen LogP contribution is -2.48. The molecule has 210 valence electrons. The maximum Gasteiger partial charge on any atom is 0.152 e. The third-order valence-corrected chi connectivity index (χ3v) is 11.6. The first-order chi connectivity index (χ1) is 19.1. The molecule has 10 heteroatoms. The van der Waals surface area contributed by atoms with Crippen molar-refractivity contribution >= 4 is 51.6 Å². The second kappa shape index (κ2) is 10.4. The summed E-state index contributed by atoms with van der Waals surface area (Å²) in [6.07, 6.45) is 8.60. The summed E-state index contributed by atoms with van der Waals surface area (Å²) in [6.45, 7) is 10.1. The molecule has 40 heavy (non-hydrogen) atoms. The van der Waals surface area contributed by atoms with E-state index in [4.69, 9.17) is 22.3 Å². The topological polar surface area (TPSA) is 88.5 Å². The number of benzene rings is 1. The Bertz CT molecular complexity index is 1610. The van der Waals surface area contributed by atoms with Crippen molar-refractivity contribution in [2.75, 3.05) is 23.7 Å². The average Bonchev–Trinajstić information content (AvgIpc) is 3.52. The highest BCUT2D eigenvalue weighted by Gasteiger charge is 2.49. The number of imidazole rings is 1. The van der Waals surface area contributed by atoms with Gasteiger partial charge < -0.3 is 10.6 Å². The molecule has 0 radical (unpaired) electrons. The summed E-state index contributed by atoms with van der Waals surface area (Å²) in [4.78, 5) is 13.2. The Balaban J connectivity index is 1.28. The zero-order valence-corrected chi connectivity index (χ0v) is 25.7. The smallest absolute Gasteiger partial charge is 0.152 e. The van der Waals surface area contributed by atoms with Gasteiger partial charge in [-0.15, -0.1) is 0 Å². The van der Waals surface area contributed by atoms with Crippen molar-refractivity contribution in [2.45, 2.75) is 67.5 Å². The minimum absolute atomic E-state index is 0.0397. The Morgan fingerprint density at radius 1 is 1.15 bits per heavy atom. The number of nitrogens with one attached hydrogen (secondary N) is 1. The van der Waals surface area contributed by atoms with Crippen LogP contribution in [0.4, 0.5) is 11.6 Å². The maximum absolute atomic E-state index is 13.3. The van der Waals surface area contributed by atoms with Crippen molar-refractivity contribution in [3.63, 3.8) is 0 Å². The molecule has 0 unspecified atom stereocenters. The number of fused-ring (bicyclic) bond motifs is 2. The van der Waals surface area contributed by atoms with Crippen LogP contribution in [0, 0.1) is 12.3 Å². The molecule has 1 spiro atoms. The van der Waals surface area contributed by atoms with Crippen molar-refractivity contribution in [2.24, 2.45) is 5.41 Å². The molecule has 3 N–H and O–H groups in total. The lowest BCUT2D eigenvalue weighted by Gasteiger charge is -2.44. The van der Waals surface area contributed by atoms with Crippen LogP contribution in [0.3, 0.4) is 0 Å². The highest BCUT2D eigenvalue weighted by atomic mass is 35.5. The molecule has 1 fully saturated rings. The first kappa shape index (κ1) is 27.6. The number of anilines is 2. The summed E-state index contributed by atoms with van der Waals surface area (Å²) in [6, 6.07) is 12.9. The molecule has 1 aromatic carbocycles. The van der Waals surface area contributed by atoms with Crippen LogP contribution in [0.5, 0.6) is 0 Å². The van der Waals surface area contributed by atoms with Crippen molar-refractivity contribution in [3.8, 4) is 0 Å². The molecule has 4 heterocycles. The molecular formula is C30H35ClN6OS2. The van der Waals surface area contributed by atoms with E-state index in [1.165, 1.54) is 11.1 Å². The lowest BCUT2D eigenvalue weighted by atomic mass is 9.73. The van der Waals surface area contributed by atoms with Crippen LogP contribution in [0.25, 0.3) is 5.65 Å². The Kier molecular flexibility index (Phi) is 7.14. The summed E-state index contributed by atoms with van der Waals surface area (Å²) in [5.41, 5.74) is 10.7. The molecule has 1 saturated heterocycles. The molecule has 6 rings (SSSR count). The largest absolute Gasteiger partial charge is 0.382 e. The monoisotopic (exact) mass is 594 g/mol. The van der Waals surface area contributed by atoms with E-state index in [-0.39, 0.29) is 16.2 Å². The molecule has 7 nitrogen and oxygen atoms in total. The maximum atomic E-state index is 13.3. The number of hydrogen-bond acceptors (Lipinski definition) is 6. The van der Waals surface area contributed by atoms with Gasteiger partial charge in [-0.2, -0.15) is 0 Å². The molecule has 2 aliphatic rings. The van der Waals surface area contributed by atoms with E-state index in [1.54, 1.807) is 18.0 Å². The van der Waals surface area contributed by atoms with Gasteiger partial charge in [-0.1, -0.05) is 47.6 Å². The highest BCUT2D eigenvalue weighted by Crippen LogP contribution is 2.53. The molecule has 4 aromatic rings. The van der Waals surface area contributed by atoms with E-state index in [9.17, 15) is 4.21 Å². The molecule has 2 atom stereocenters. The van der Waals surface area contributed by atoms with Gasteiger partial charge in [0.2, 0.25) is 0 Å². The summed E-state index contributed by atoms with van der Waals surface area (Å²) in [5, 5.41) is 0.468. The number of nitrogens with two attached hydrogens (primary N) is 1. The Morgan fingerprint density at radius 2 is 1.90 bits per heavy atom. The summed E-state index contributed by atoms with van der Waals surface area (Å²) in [5.74, 6) is 1.47. The number of aryl methyl sites for hydroxylation is 1. The van der Waals surface area contributed by atoms with Crippen LogP contribution < -0.4 is 15.4 Å². The lowest BCUT2D eigenvalue weighted by molar-refractivity contribution is 0.177. The predicted octanol–water partition coefficient (Wildman–Crippen LogP) is 6.36. The van der Waals surface area contributed by atoms with Gasteiger partial charge in [0.15, 0.2) is 5.65 Å². The van der Waals surface area contributed by atoms with Gasteiger partial charge >= 0.3 is 0 Å². The van der Waals surface area contributed by atoms with Gasteiger partial charge in [0.25, 0.3) is 0 Å².